The molecule has 0 aromatic rings. The number of aliphatic carboxylic acids is 2. The lowest BCUT2D eigenvalue weighted by atomic mass is 10.1. The van der Waals surface area contributed by atoms with E-state index < -0.39 is 11.9 Å². The second kappa shape index (κ2) is 15.8. The van der Waals surface area contributed by atoms with Crippen molar-refractivity contribution in [1.82, 2.24) is 0 Å². The molecule has 0 unspecified atom stereocenters. The molecule has 0 aliphatic heterocycles. The van der Waals surface area contributed by atoms with Gasteiger partial charge in [0.2, 0.25) is 0 Å². The Bertz CT molecular complexity index is 311. The Hall–Kier alpha value is -1.58. The summed E-state index contributed by atoms with van der Waals surface area (Å²) in [4.78, 5) is 20.5. The zero-order valence-corrected chi connectivity index (χ0v) is 14.2. The van der Waals surface area contributed by atoms with Crippen molar-refractivity contribution < 1.29 is 19.8 Å². The maximum absolute atomic E-state index is 10.3. The molecule has 0 aliphatic carbocycles. The third-order valence-electron chi connectivity index (χ3n) is 3.27. The summed E-state index contributed by atoms with van der Waals surface area (Å²) in [7, 11) is 0. The van der Waals surface area contributed by atoms with Gasteiger partial charge in [-0.3, -0.25) is 0 Å². The molecule has 2 N–H and O–H groups in total. The molecule has 0 atom stereocenters. The number of hydrogen-bond acceptors (Lipinski definition) is 2. The molecular formula is C18H32O4. The van der Waals surface area contributed by atoms with Gasteiger partial charge in [0.1, 0.15) is 0 Å². The van der Waals surface area contributed by atoms with Gasteiger partial charge in [0.15, 0.2) is 0 Å². The Morgan fingerprint density at radius 1 is 0.682 bits per heavy atom. The third-order valence-corrected chi connectivity index (χ3v) is 3.27. The van der Waals surface area contributed by atoms with E-state index in [0.717, 1.165) is 25.7 Å². The summed E-state index contributed by atoms with van der Waals surface area (Å²) in [5.41, 5.74) is 0.669. The molecule has 22 heavy (non-hydrogen) atoms. The fourth-order valence-electron chi connectivity index (χ4n) is 1.74. The summed E-state index contributed by atoms with van der Waals surface area (Å²) in [6.07, 6.45) is 10.1. The van der Waals surface area contributed by atoms with E-state index >= 15 is 0 Å². The van der Waals surface area contributed by atoms with Gasteiger partial charge in [-0.1, -0.05) is 65.5 Å². The molecule has 0 radical (unpaired) electrons. The van der Waals surface area contributed by atoms with E-state index in [1.54, 1.807) is 0 Å². The maximum Gasteiger partial charge on any atom is 0.330 e. The Morgan fingerprint density at radius 3 is 1.23 bits per heavy atom. The normalized spacial score (nSPS) is 9.55. The predicted octanol–water partition coefficient (Wildman–Crippen LogP) is 5.20. The smallest absolute Gasteiger partial charge is 0.330 e. The largest absolute Gasteiger partial charge is 0.478 e. The van der Waals surface area contributed by atoms with Gasteiger partial charge in [0.05, 0.1) is 0 Å². The Kier molecular flexibility index (Phi) is 16.3. The first-order chi connectivity index (χ1) is 10.4. The molecule has 4 nitrogen and oxygen atoms in total. The number of hydrogen-bond donors (Lipinski definition) is 2. The van der Waals surface area contributed by atoms with E-state index in [4.69, 9.17) is 10.2 Å². The molecule has 0 aromatic heterocycles. The summed E-state index contributed by atoms with van der Waals surface area (Å²) < 4.78 is 0. The highest BCUT2D eigenvalue weighted by Gasteiger charge is 2.02. The number of carboxylic acid groups (broad SMARTS) is 2. The number of rotatable bonds is 12. The van der Waals surface area contributed by atoms with E-state index in [2.05, 4.69) is 27.0 Å². The molecule has 0 saturated heterocycles. The van der Waals surface area contributed by atoms with Crippen molar-refractivity contribution in [2.45, 2.75) is 78.1 Å². The predicted molar refractivity (Wildman–Crippen MR) is 91.1 cm³/mol. The van der Waals surface area contributed by atoms with Crippen LogP contribution in [0.5, 0.6) is 0 Å². The van der Waals surface area contributed by atoms with Crippen molar-refractivity contribution in [3.63, 3.8) is 0 Å². The van der Waals surface area contributed by atoms with E-state index in [-0.39, 0.29) is 0 Å². The summed E-state index contributed by atoms with van der Waals surface area (Å²) in [6, 6.07) is 0. The van der Waals surface area contributed by atoms with Gasteiger partial charge in [-0.25, -0.2) is 9.59 Å². The highest BCUT2D eigenvalue weighted by Crippen LogP contribution is 2.08. The topological polar surface area (TPSA) is 74.6 Å². The van der Waals surface area contributed by atoms with E-state index in [1.807, 2.05) is 0 Å². The average Bonchev–Trinajstić information content (AvgIpc) is 2.48. The summed E-state index contributed by atoms with van der Waals surface area (Å²) in [5, 5.41) is 16.9. The zero-order valence-electron chi connectivity index (χ0n) is 14.2. The monoisotopic (exact) mass is 312 g/mol. The zero-order chi connectivity index (χ0) is 17.4. The molecule has 0 spiro atoms. The summed E-state index contributed by atoms with van der Waals surface area (Å²) in [5.74, 6) is -1.72. The van der Waals surface area contributed by atoms with Crippen molar-refractivity contribution in [3.05, 3.63) is 24.3 Å². The minimum Gasteiger partial charge on any atom is -0.478 e. The first-order valence-corrected chi connectivity index (χ1v) is 8.18. The molecule has 0 aromatic carbocycles. The summed E-state index contributed by atoms with van der Waals surface area (Å²) in [6.45, 7) is 11.2. The number of carboxylic acids is 2. The van der Waals surface area contributed by atoms with Crippen molar-refractivity contribution >= 4 is 11.9 Å². The minimum absolute atomic E-state index is 0.334. The van der Waals surface area contributed by atoms with Crippen molar-refractivity contribution in [1.29, 1.82) is 0 Å². The maximum atomic E-state index is 10.3. The number of carbonyl (C=O) groups is 2. The average molecular weight is 312 g/mol. The van der Waals surface area contributed by atoms with Crippen LogP contribution in [0.15, 0.2) is 24.3 Å². The molecular weight excluding hydrogens is 280 g/mol. The lowest BCUT2D eigenvalue weighted by molar-refractivity contribution is -0.133. The molecule has 0 heterocycles. The molecule has 0 aliphatic rings. The molecule has 128 valence electrons. The van der Waals surface area contributed by atoms with Gasteiger partial charge in [-0.05, 0) is 25.7 Å². The van der Waals surface area contributed by atoms with Crippen molar-refractivity contribution in [3.8, 4) is 0 Å². The minimum atomic E-state index is -0.860. The first kappa shape index (κ1) is 22.7. The quantitative estimate of drug-likeness (QED) is 0.384. The Morgan fingerprint density at radius 2 is 1.00 bits per heavy atom. The van der Waals surface area contributed by atoms with Gasteiger partial charge in [-0.15, -0.1) is 0 Å². The molecule has 4 heteroatoms. The van der Waals surface area contributed by atoms with Crippen LogP contribution in [0, 0.1) is 0 Å². The van der Waals surface area contributed by atoms with Gasteiger partial charge in [0, 0.05) is 11.1 Å². The standard InChI is InChI=1S/2C9H16O2/c2*1-3-4-5-6-7-8(2)9(10)11/h2*2-7H2,1H3,(H,10,11). The molecule has 0 fully saturated rings. The van der Waals surface area contributed by atoms with Crippen LogP contribution < -0.4 is 0 Å². The van der Waals surface area contributed by atoms with Gasteiger partial charge in [0.25, 0.3) is 0 Å². The van der Waals surface area contributed by atoms with Gasteiger partial charge in [-0.2, -0.15) is 0 Å². The number of unbranched alkanes of at least 4 members (excludes halogenated alkanes) is 6. The van der Waals surface area contributed by atoms with Crippen LogP contribution in [-0.4, -0.2) is 22.2 Å². The van der Waals surface area contributed by atoms with Crippen molar-refractivity contribution in [2.75, 3.05) is 0 Å². The Balaban J connectivity index is 0. The lowest BCUT2D eigenvalue weighted by Gasteiger charge is -1.98. The van der Waals surface area contributed by atoms with E-state index in [9.17, 15) is 9.59 Å². The van der Waals surface area contributed by atoms with Crippen LogP contribution in [0.1, 0.15) is 78.1 Å². The van der Waals surface area contributed by atoms with Crippen LogP contribution in [0.4, 0.5) is 0 Å². The van der Waals surface area contributed by atoms with Crippen LogP contribution in [0.3, 0.4) is 0 Å². The van der Waals surface area contributed by atoms with E-state index in [1.165, 1.54) is 25.7 Å². The second-order valence-electron chi connectivity index (χ2n) is 5.44. The van der Waals surface area contributed by atoms with Gasteiger partial charge < -0.3 is 10.2 Å². The van der Waals surface area contributed by atoms with Crippen LogP contribution in [-0.2, 0) is 9.59 Å². The SMILES string of the molecule is C=C(CCCCCC)C(=O)O.C=C(CCCCCC)C(=O)O. The molecule has 0 bridgehead atoms. The highest BCUT2D eigenvalue weighted by atomic mass is 16.4. The molecule has 0 rings (SSSR count). The Labute approximate surface area is 134 Å². The van der Waals surface area contributed by atoms with Crippen LogP contribution in [0.2, 0.25) is 0 Å². The second-order valence-corrected chi connectivity index (χ2v) is 5.44. The first-order valence-electron chi connectivity index (χ1n) is 8.18. The fourth-order valence-corrected chi connectivity index (χ4v) is 1.74. The lowest BCUT2D eigenvalue weighted by Crippen LogP contribution is -1.98. The van der Waals surface area contributed by atoms with Gasteiger partial charge >= 0.3 is 11.9 Å². The van der Waals surface area contributed by atoms with Crippen molar-refractivity contribution in [2.24, 2.45) is 0 Å². The molecule has 0 amide bonds. The van der Waals surface area contributed by atoms with Crippen LogP contribution >= 0.6 is 0 Å². The highest BCUT2D eigenvalue weighted by molar-refractivity contribution is 5.85. The molecule has 0 saturated carbocycles. The van der Waals surface area contributed by atoms with E-state index in [0.29, 0.717) is 24.0 Å². The summed E-state index contributed by atoms with van der Waals surface area (Å²) >= 11 is 0. The fraction of sp³-hybridized carbons (Fsp3) is 0.667. The van der Waals surface area contributed by atoms with Crippen LogP contribution in [0.25, 0.3) is 0 Å². The third kappa shape index (κ3) is 16.5.